The number of esters is 1. The fraction of sp³-hybridized carbons (Fsp3) is 0.188. The van der Waals surface area contributed by atoms with Gasteiger partial charge in [0.2, 0.25) is 5.91 Å². The number of nitrogens with one attached hydrogen (secondary N) is 1. The summed E-state index contributed by atoms with van der Waals surface area (Å²) in [4.78, 5) is 27.5. The lowest BCUT2D eigenvalue weighted by Crippen LogP contribution is -2.16. The number of aromatic nitrogens is 1. The summed E-state index contributed by atoms with van der Waals surface area (Å²) in [6.45, 7) is 1.98. The quantitative estimate of drug-likeness (QED) is 0.862. The topological polar surface area (TPSA) is 68.3 Å². The fourth-order valence-corrected chi connectivity index (χ4v) is 1.81. The van der Waals surface area contributed by atoms with Crippen LogP contribution in [0.15, 0.2) is 42.6 Å². The van der Waals surface area contributed by atoms with E-state index in [1.165, 1.54) is 42.6 Å². The predicted molar refractivity (Wildman–Crippen MR) is 78.9 cm³/mol. The number of amides is 1. The van der Waals surface area contributed by atoms with Crippen LogP contribution >= 0.6 is 0 Å². The maximum absolute atomic E-state index is 12.8. The average Bonchev–Trinajstić information content (AvgIpc) is 2.50. The summed E-state index contributed by atoms with van der Waals surface area (Å²) in [5.41, 5.74) is 0.995. The highest BCUT2D eigenvalue weighted by atomic mass is 19.1. The number of benzene rings is 1. The summed E-state index contributed by atoms with van der Waals surface area (Å²) in [6.07, 6.45) is 1.51. The molecule has 0 aliphatic rings. The fourth-order valence-electron chi connectivity index (χ4n) is 1.81. The standard InChI is InChI=1S/C16H15FN2O3/c1-2-22-16(21)12-7-8-18-14(10-12)19-15(20)9-11-3-5-13(17)6-4-11/h3-8,10H,2,9H2,1H3,(H,18,19,20). The minimum atomic E-state index is -0.473. The van der Waals surface area contributed by atoms with Crippen molar-refractivity contribution in [1.82, 2.24) is 4.98 Å². The highest BCUT2D eigenvalue weighted by Crippen LogP contribution is 2.10. The normalized spacial score (nSPS) is 10.1. The van der Waals surface area contributed by atoms with E-state index >= 15 is 0 Å². The van der Waals surface area contributed by atoms with Crippen molar-refractivity contribution in [3.05, 3.63) is 59.5 Å². The van der Waals surface area contributed by atoms with Crippen molar-refractivity contribution in [1.29, 1.82) is 0 Å². The second-order valence-corrected chi connectivity index (χ2v) is 4.50. The lowest BCUT2D eigenvalue weighted by atomic mass is 10.1. The van der Waals surface area contributed by atoms with Crippen molar-refractivity contribution >= 4 is 17.7 Å². The molecule has 0 unspecified atom stereocenters. The number of ether oxygens (including phenoxy) is 1. The third-order valence-electron chi connectivity index (χ3n) is 2.82. The van der Waals surface area contributed by atoms with Gasteiger partial charge in [0, 0.05) is 6.20 Å². The number of carbonyl (C=O) groups excluding carboxylic acids is 2. The van der Waals surface area contributed by atoms with Crippen LogP contribution in [-0.2, 0) is 16.0 Å². The van der Waals surface area contributed by atoms with E-state index in [1.54, 1.807) is 6.92 Å². The van der Waals surface area contributed by atoms with E-state index in [2.05, 4.69) is 10.3 Å². The first-order valence-electron chi connectivity index (χ1n) is 6.76. The summed E-state index contributed by atoms with van der Waals surface area (Å²) in [6, 6.07) is 8.62. The van der Waals surface area contributed by atoms with Crippen molar-refractivity contribution in [3.63, 3.8) is 0 Å². The van der Waals surface area contributed by atoms with Gasteiger partial charge in [-0.15, -0.1) is 0 Å². The van der Waals surface area contributed by atoms with Crippen LogP contribution in [0.1, 0.15) is 22.8 Å². The molecule has 5 nitrogen and oxygen atoms in total. The Morgan fingerprint density at radius 1 is 1.23 bits per heavy atom. The Labute approximate surface area is 127 Å². The van der Waals surface area contributed by atoms with E-state index < -0.39 is 5.97 Å². The number of hydrogen-bond donors (Lipinski definition) is 1. The summed E-state index contributed by atoms with van der Waals surface area (Å²) in [5, 5.41) is 2.59. The van der Waals surface area contributed by atoms with E-state index in [9.17, 15) is 14.0 Å². The van der Waals surface area contributed by atoms with Crippen molar-refractivity contribution in [2.45, 2.75) is 13.3 Å². The minimum Gasteiger partial charge on any atom is -0.462 e. The number of nitrogens with zero attached hydrogens (tertiary/aromatic N) is 1. The molecule has 0 fully saturated rings. The molecule has 0 spiro atoms. The number of carbonyl (C=O) groups is 2. The molecule has 22 heavy (non-hydrogen) atoms. The maximum Gasteiger partial charge on any atom is 0.338 e. The van der Waals surface area contributed by atoms with Crippen LogP contribution in [-0.4, -0.2) is 23.5 Å². The van der Waals surface area contributed by atoms with Crippen molar-refractivity contribution in [3.8, 4) is 0 Å². The zero-order valence-electron chi connectivity index (χ0n) is 12.0. The number of rotatable bonds is 5. The molecule has 0 radical (unpaired) electrons. The molecule has 1 N–H and O–H groups in total. The predicted octanol–water partition coefficient (Wildman–Crippen LogP) is 2.58. The SMILES string of the molecule is CCOC(=O)c1ccnc(NC(=O)Cc2ccc(F)cc2)c1. The van der Waals surface area contributed by atoms with E-state index in [-0.39, 0.29) is 30.6 Å². The van der Waals surface area contributed by atoms with Crippen LogP contribution < -0.4 is 5.32 Å². The highest BCUT2D eigenvalue weighted by Gasteiger charge is 2.10. The Morgan fingerprint density at radius 2 is 1.95 bits per heavy atom. The smallest absolute Gasteiger partial charge is 0.338 e. The molecule has 6 heteroatoms. The van der Waals surface area contributed by atoms with E-state index in [0.717, 1.165) is 0 Å². The molecule has 1 heterocycles. The van der Waals surface area contributed by atoms with Crippen LogP contribution in [0.4, 0.5) is 10.2 Å². The monoisotopic (exact) mass is 302 g/mol. The molecule has 1 aromatic carbocycles. The van der Waals surface area contributed by atoms with Gasteiger partial charge in [-0.1, -0.05) is 12.1 Å². The second kappa shape index (κ2) is 7.31. The number of pyridine rings is 1. The van der Waals surface area contributed by atoms with Gasteiger partial charge < -0.3 is 10.1 Å². The Hall–Kier alpha value is -2.76. The lowest BCUT2D eigenvalue weighted by molar-refractivity contribution is -0.115. The number of hydrogen-bond acceptors (Lipinski definition) is 4. The number of halogens is 1. The van der Waals surface area contributed by atoms with E-state index in [0.29, 0.717) is 11.1 Å². The van der Waals surface area contributed by atoms with Crippen molar-refractivity contribution < 1.29 is 18.7 Å². The Bertz CT molecular complexity index is 671. The molecule has 114 valence electrons. The molecule has 2 rings (SSSR count). The van der Waals surface area contributed by atoms with Gasteiger partial charge in [-0.3, -0.25) is 4.79 Å². The van der Waals surface area contributed by atoms with Crippen molar-refractivity contribution in [2.24, 2.45) is 0 Å². The molecular weight excluding hydrogens is 287 g/mol. The minimum absolute atomic E-state index is 0.0889. The summed E-state index contributed by atoms with van der Waals surface area (Å²) >= 11 is 0. The molecule has 0 aliphatic carbocycles. The largest absolute Gasteiger partial charge is 0.462 e. The second-order valence-electron chi connectivity index (χ2n) is 4.50. The molecular formula is C16H15FN2O3. The molecule has 0 bridgehead atoms. The van der Waals surface area contributed by atoms with Gasteiger partial charge in [-0.2, -0.15) is 0 Å². The van der Waals surface area contributed by atoms with Gasteiger partial charge in [0.25, 0.3) is 0 Å². The summed E-state index contributed by atoms with van der Waals surface area (Å²) < 4.78 is 17.7. The Kier molecular flexibility index (Phi) is 5.19. The van der Waals surface area contributed by atoms with Gasteiger partial charge in [-0.05, 0) is 36.8 Å². The summed E-state index contributed by atoms with van der Waals surface area (Å²) in [5.74, 6) is -0.871. The lowest BCUT2D eigenvalue weighted by Gasteiger charge is -2.06. The molecule has 1 aromatic heterocycles. The zero-order valence-corrected chi connectivity index (χ0v) is 12.0. The van der Waals surface area contributed by atoms with Gasteiger partial charge in [-0.25, -0.2) is 14.2 Å². The third kappa shape index (κ3) is 4.37. The first-order valence-corrected chi connectivity index (χ1v) is 6.76. The Balaban J connectivity index is 2.00. The molecule has 0 saturated carbocycles. The van der Waals surface area contributed by atoms with Crippen LogP contribution in [0.2, 0.25) is 0 Å². The van der Waals surface area contributed by atoms with Crippen LogP contribution in [0, 0.1) is 5.82 Å². The first kappa shape index (κ1) is 15.6. The van der Waals surface area contributed by atoms with Crippen molar-refractivity contribution in [2.75, 3.05) is 11.9 Å². The first-order chi connectivity index (χ1) is 10.6. The molecule has 1 amide bonds. The zero-order chi connectivity index (χ0) is 15.9. The van der Waals surface area contributed by atoms with Gasteiger partial charge >= 0.3 is 5.97 Å². The molecule has 2 aromatic rings. The highest BCUT2D eigenvalue weighted by molar-refractivity contribution is 5.94. The van der Waals surface area contributed by atoms with Gasteiger partial charge in [0.05, 0.1) is 18.6 Å². The van der Waals surface area contributed by atoms with Gasteiger partial charge in [0.15, 0.2) is 0 Å². The van der Waals surface area contributed by atoms with Crippen LogP contribution in [0.25, 0.3) is 0 Å². The molecule has 0 saturated heterocycles. The third-order valence-corrected chi connectivity index (χ3v) is 2.82. The summed E-state index contributed by atoms with van der Waals surface area (Å²) in [7, 11) is 0. The molecule has 0 aliphatic heterocycles. The van der Waals surface area contributed by atoms with E-state index in [4.69, 9.17) is 4.74 Å². The molecule has 0 atom stereocenters. The van der Waals surface area contributed by atoms with Crippen LogP contribution in [0.5, 0.6) is 0 Å². The van der Waals surface area contributed by atoms with E-state index in [1.807, 2.05) is 0 Å². The van der Waals surface area contributed by atoms with Gasteiger partial charge in [0.1, 0.15) is 11.6 Å². The Morgan fingerprint density at radius 3 is 2.64 bits per heavy atom. The maximum atomic E-state index is 12.8. The average molecular weight is 302 g/mol. The van der Waals surface area contributed by atoms with Crippen LogP contribution in [0.3, 0.4) is 0 Å². The number of anilines is 1.